The van der Waals surface area contributed by atoms with Crippen molar-refractivity contribution in [3.63, 3.8) is 0 Å². The summed E-state index contributed by atoms with van der Waals surface area (Å²) in [4.78, 5) is 24.7. The van der Waals surface area contributed by atoms with Crippen molar-refractivity contribution in [3.8, 4) is 0 Å². The lowest BCUT2D eigenvalue weighted by atomic mass is 10.3. The third-order valence-electron chi connectivity index (χ3n) is 1.82. The lowest BCUT2D eigenvalue weighted by molar-refractivity contribution is -0.383. The molecule has 0 unspecified atom stereocenters. The standard InChI is InChI=1S/C8H6N4O3S/c9-7(13)11-8-10-6-4(12(14)15)2-1-3-5(6)16-8/h1-3H,(H3,9,10,11,13). The highest BCUT2D eigenvalue weighted by molar-refractivity contribution is 7.22. The molecular weight excluding hydrogens is 232 g/mol. The molecule has 3 N–H and O–H groups in total. The summed E-state index contributed by atoms with van der Waals surface area (Å²) in [7, 11) is 0. The van der Waals surface area contributed by atoms with Gasteiger partial charge in [0.2, 0.25) is 0 Å². The van der Waals surface area contributed by atoms with Crippen molar-refractivity contribution in [3.05, 3.63) is 28.3 Å². The van der Waals surface area contributed by atoms with Gasteiger partial charge in [0.1, 0.15) is 0 Å². The maximum atomic E-state index is 10.7. The molecule has 0 atom stereocenters. The number of thiazole rings is 1. The highest BCUT2D eigenvalue weighted by atomic mass is 32.1. The SMILES string of the molecule is NC(=O)Nc1nc2c([N+](=O)[O-])cccc2s1. The van der Waals surface area contributed by atoms with E-state index in [2.05, 4.69) is 10.3 Å². The Morgan fingerprint density at radius 3 is 2.94 bits per heavy atom. The van der Waals surface area contributed by atoms with Crippen LogP contribution in [0.25, 0.3) is 10.2 Å². The first kappa shape index (κ1) is 10.3. The van der Waals surface area contributed by atoms with E-state index in [4.69, 9.17) is 5.73 Å². The number of non-ortho nitro benzene ring substituents is 1. The Morgan fingerprint density at radius 1 is 1.56 bits per heavy atom. The first-order chi connectivity index (χ1) is 7.58. The summed E-state index contributed by atoms with van der Waals surface area (Å²) in [5, 5.41) is 13.2. The molecule has 2 aromatic rings. The predicted octanol–water partition coefficient (Wildman–Crippen LogP) is 1.70. The molecule has 2 amide bonds. The Labute approximate surface area is 93.0 Å². The number of para-hydroxylation sites is 1. The Morgan fingerprint density at radius 2 is 2.31 bits per heavy atom. The molecule has 0 aliphatic rings. The molecule has 0 saturated heterocycles. The maximum absolute atomic E-state index is 10.7. The van der Waals surface area contributed by atoms with Crippen LogP contribution in [0.2, 0.25) is 0 Å². The average molecular weight is 238 g/mol. The second-order valence-electron chi connectivity index (χ2n) is 2.89. The van der Waals surface area contributed by atoms with Gasteiger partial charge in [-0.15, -0.1) is 0 Å². The highest BCUT2D eigenvalue weighted by Gasteiger charge is 2.16. The minimum absolute atomic E-state index is 0.0914. The predicted molar refractivity (Wildman–Crippen MR) is 59.5 cm³/mol. The van der Waals surface area contributed by atoms with Crippen molar-refractivity contribution in [2.75, 3.05) is 5.32 Å². The molecule has 2 rings (SSSR count). The molecule has 1 aromatic carbocycles. The van der Waals surface area contributed by atoms with E-state index in [0.717, 1.165) is 11.3 Å². The zero-order valence-corrected chi connectivity index (χ0v) is 8.65. The fourth-order valence-electron chi connectivity index (χ4n) is 1.24. The Kier molecular flexibility index (Phi) is 2.41. The number of hydrogen-bond acceptors (Lipinski definition) is 5. The third kappa shape index (κ3) is 1.77. The number of urea groups is 1. The van der Waals surface area contributed by atoms with Gasteiger partial charge in [-0.1, -0.05) is 17.4 Å². The second kappa shape index (κ2) is 3.74. The summed E-state index contributed by atoms with van der Waals surface area (Å²) in [5.74, 6) is 0. The number of nitrogens with zero attached hydrogens (tertiary/aromatic N) is 2. The van der Waals surface area contributed by atoms with Gasteiger partial charge in [-0.3, -0.25) is 15.4 Å². The number of nitro benzene ring substituents is 1. The van der Waals surface area contributed by atoms with E-state index in [1.54, 1.807) is 12.1 Å². The van der Waals surface area contributed by atoms with Crippen LogP contribution >= 0.6 is 11.3 Å². The van der Waals surface area contributed by atoms with E-state index in [1.807, 2.05) is 0 Å². The minimum Gasteiger partial charge on any atom is -0.351 e. The molecule has 8 heteroatoms. The smallest absolute Gasteiger partial charge is 0.318 e. The maximum Gasteiger partial charge on any atom is 0.318 e. The van der Waals surface area contributed by atoms with Gasteiger partial charge in [-0.25, -0.2) is 9.78 Å². The number of nitrogens with two attached hydrogens (primary N) is 1. The van der Waals surface area contributed by atoms with E-state index in [9.17, 15) is 14.9 Å². The van der Waals surface area contributed by atoms with E-state index in [0.29, 0.717) is 4.70 Å². The Hall–Kier alpha value is -2.22. The van der Waals surface area contributed by atoms with Crippen LogP contribution < -0.4 is 11.1 Å². The molecule has 0 spiro atoms. The zero-order chi connectivity index (χ0) is 11.7. The van der Waals surface area contributed by atoms with E-state index < -0.39 is 11.0 Å². The first-order valence-electron chi connectivity index (χ1n) is 4.18. The lowest BCUT2D eigenvalue weighted by Gasteiger charge is -1.91. The van der Waals surface area contributed by atoms with Gasteiger partial charge in [-0.05, 0) is 6.07 Å². The minimum atomic E-state index is -0.748. The van der Waals surface area contributed by atoms with Crippen LogP contribution in [-0.2, 0) is 0 Å². The van der Waals surface area contributed by atoms with Crippen molar-refractivity contribution < 1.29 is 9.72 Å². The molecule has 1 heterocycles. The first-order valence-corrected chi connectivity index (χ1v) is 5.00. The molecule has 0 fully saturated rings. The quantitative estimate of drug-likeness (QED) is 0.612. The Balaban J connectivity index is 2.56. The molecule has 0 aliphatic heterocycles. The van der Waals surface area contributed by atoms with Crippen LogP contribution in [0.15, 0.2) is 18.2 Å². The number of carbonyl (C=O) groups is 1. The normalized spacial score (nSPS) is 10.2. The number of benzene rings is 1. The fraction of sp³-hybridized carbons (Fsp3) is 0. The zero-order valence-electron chi connectivity index (χ0n) is 7.84. The molecule has 16 heavy (non-hydrogen) atoms. The number of nitro groups is 1. The third-order valence-corrected chi connectivity index (χ3v) is 2.76. The number of carbonyl (C=O) groups excluding carboxylic acids is 1. The van der Waals surface area contributed by atoms with Crippen molar-refractivity contribution in [1.82, 2.24) is 4.98 Å². The van der Waals surface area contributed by atoms with Crippen LogP contribution in [0.4, 0.5) is 15.6 Å². The van der Waals surface area contributed by atoms with Gasteiger partial charge in [-0.2, -0.15) is 0 Å². The number of fused-ring (bicyclic) bond motifs is 1. The largest absolute Gasteiger partial charge is 0.351 e. The van der Waals surface area contributed by atoms with Crippen molar-refractivity contribution >= 4 is 38.4 Å². The molecule has 1 aromatic heterocycles. The second-order valence-corrected chi connectivity index (χ2v) is 3.92. The number of rotatable bonds is 2. The number of nitrogens with one attached hydrogen (secondary N) is 1. The summed E-state index contributed by atoms with van der Waals surface area (Å²) >= 11 is 1.13. The van der Waals surface area contributed by atoms with Crippen molar-refractivity contribution in [2.45, 2.75) is 0 Å². The summed E-state index contributed by atoms with van der Waals surface area (Å²) < 4.78 is 0.623. The van der Waals surface area contributed by atoms with Crippen molar-refractivity contribution in [1.29, 1.82) is 0 Å². The van der Waals surface area contributed by atoms with Gasteiger partial charge >= 0.3 is 6.03 Å². The molecular formula is C8H6N4O3S. The molecule has 0 saturated carbocycles. The van der Waals surface area contributed by atoms with Gasteiger partial charge < -0.3 is 5.73 Å². The summed E-state index contributed by atoms with van der Waals surface area (Å²) in [5.41, 5.74) is 5.09. The monoisotopic (exact) mass is 238 g/mol. The average Bonchev–Trinajstić information content (AvgIpc) is 2.57. The van der Waals surface area contributed by atoms with Crippen LogP contribution in [0, 0.1) is 10.1 Å². The fourth-order valence-corrected chi connectivity index (χ4v) is 2.13. The van der Waals surface area contributed by atoms with Crippen LogP contribution in [0.5, 0.6) is 0 Å². The topological polar surface area (TPSA) is 111 Å². The van der Waals surface area contributed by atoms with Gasteiger partial charge in [0, 0.05) is 6.07 Å². The molecule has 0 radical (unpaired) electrons. The lowest BCUT2D eigenvalue weighted by Crippen LogP contribution is -2.18. The summed E-state index contributed by atoms with van der Waals surface area (Å²) in [6.07, 6.45) is 0. The van der Waals surface area contributed by atoms with Crippen LogP contribution in [-0.4, -0.2) is 15.9 Å². The van der Waals surface area contributed by atoms with E-state index >= 15 is 0 Å². The Bertz CT molecular complexity index is 580. The molecule has 0 aliphatic carbocycles. The molecule has 82 valence electrons. The van der Waals surface area contributed by atoms with Gasteiger partial charge in [0.25, 0.3) is 5.69 Å². The van der Waals surface area contributed by atoms with Crippen molar-refractivity contribution in [2.24, 2.45) is 5.73 Å². The summed E-state index contributed by atoms with van der Waals surface area (Å²) in [6.45, 7) is 0. The highest BCUT2D eigenvalue weighted by Crippen LogP contribution is 2.31. The number of aromatic nitrogens is 1. The molecule has 7 nitrogen and oxygen atoms in total. The number of anilines is 1. The van der Waals surface area contributed by atoms with Gasteiger partial charge in [0.05, 0.1) is 9.62 Å². The van der Waals surface area contributed by atoms with Crippen LogP contribution in [0.1, 0.15) is 0 Å². The van der Waals surface area contributed by atoms with Gasteiger partial charge in [0.15, 0.2) is 10.6 Å². The van der Waals surface area contributed by atoms with Crippen LogP contribution in [0.3, 0.4) is 0 Å². The molecule has 0 bridgehead atoms. The van der Waals surface area contributed by atoms with E-state index in [1.165, 1.54) is 6.07 Å². The summed E-state index contributed by atoms with van der Waals surface area (Å²) in [6, 6.07) is 3.86. The number of primary amides is 1. The van der Waals surface area contributed by atoms with E-state index in [-0.39, 0.29) is 16.3 Å². The number of hydrogen-bond donors (Lipinski definition) is 2. The number of amides is 2.